The Morgan fingerprint density at radius 3 is 1.81 bits per heavy atom. The molecule has 0 amide bonds. The lowest BCUT2D eigenvalue weighted by Crippen LogP contribution is -2.29. The van der Waals surface area contributed by atoms with Gasteiger partial charge < -0.3 is 0 Å². The zero-order valence-electron chi connectivity index (χ0n) is 11.1. The number of benzene rings is 1. The second-order valence-corrected chi connectivity index (χ2v) is 8.11. The number of hydrogen-bond donors (Lipinski definition) is 0. The molecular weight excluding hydrogens is 208 g/mol. The lowest BCUT2D eigenvalue weighted by Gasteiger charge is -2.15. The van der Waals surface area contributed by atoms with Gasteiger partial charge in [0, 0.05) is 0 Å². The smallest absolute Gasteiger partial charge is 0.0654 e. The first kappa shape index (κ1) is 13.5. The summed E-state index contributed by atoms with van der Waals surface area (Å²) in [6.07, 6.45) is 5.55. The molecular formula is C15H26Si. The minimum absolute atomic E-state index is 0.648. The summed E-state index contributed by atoms with van der Waals surface area (Å²) >= 11 is 0. The van der Waals surface area contributed by atoms with Crippen molar-refractivity contribution in [1.82, 2.24) is 0 Å². The van der Waals surface area contributed by atoms with Crippen LogP contribution >= 0.6 is 0 Å². The van der Waals surface area contributed by atoms with Gasteiger partial charge in [-0.25, -0.2) is 0 Å². The summed E-state index contributed by atoms with van der Waals surface area (Å²) in [5.41, 5.74) is 1.39. The van der Waals surface area contributed by atoms with Crippen LogP contribution in [0.25, 0.3) is 0 Å². The number of hydrogen-bond acceptors (Lipinski definition) is 0. The Hall–Kier alpha value is -0.563. The topological polar surface area (TPSA) is 0 Å². The molecule has 0 radical (unpaired) electrons. The summed E-state index contributed by atoms with van der Waals surface area (Å²) < 4.78 is 0. The Bertz CT molecular complexity index is 268. The van der Waals surface area contributed by atoms with Crippen molar-refractivity contribution in [2.75, 3.05) is 0 Å². The standard InChI is InChI=1S/C15H26Si/c1-4-6-12-16(13-7-5-2)15-10-8-14(3)9-11-15/h8-11,16H,4-7,12-13H2,1-3H3. The highest BCUT2D eigenvalue weighted by Crippen LogP contribution is 2.10. The van der Waals surface area contributed by atoms with E-state index < -0.39 is 8.80 Å². The summed E-state index contributed by atoms with van der Waals surface area (Å²) in [5, 5.41) is 1.69. The van der Waals surface area contributed by atoms with Crippen LogP contribution in [0, 0.1) is 6.92 Å². The third-order valence-electron chi connectivity index (χ3n) is 3.36. The molecule has 0 bridgehead atoms. The van der Waals surface area contributed by atoms with E-state index in [-0.39, 0.29) is 0 Å². The van der Waals surface area contributed by atoms with Crippen LogP contribution < -0.4 is 5.19 Å². The first-order valence-corrected chi connectivity index (χ1v) is 9.05. The molecule has 0 unspecified atom stereocenters. The minimum Gasteiger partial charge on any atom is -0.0654 e. The van der Waals surface area contributed by atoms with Crippen molar-refractivity contribution in [1.29, 1.82) is 0 Å². The predicted molar refractivity (Wildman–Crippen MR) is 77.4 cm³/mol. The van der Waals surface area contributed by atoms with E-state index in [0.717, 1.165) is 0 Å². The molecule has 0 N–H and O–H groups in total. The summed E-state index contributed by atoms with van der Waals surface area (Å²) in [6, 6.07) is 12.3. The van der Waals surface area contributed by atoms with Crippen LogP contribution in [0.3, 0.4) is 0 Å². The molecule has 0 saturated heterocycles. The van der Waals surface area contributed by atoms with Crippen LogP contribution in [0.5, 0.6) is 0 Å². The highest BCUT2D eigenvalue weighted by atomic mass is 28.3. The highest BCUT2D eigenvalue weighted by Gasteiger charge is 2.11. The van der Waals surface area contributed by atoms with E-state index in [1.54, 1.807) is 5.19 Å². The quantitative estimate of drug-likeness (QED) is 0.625. The van der Waals surface area contributed by atoms with Crippen LogP contribution in [0.1, 0.15) is 45.1 Å². The van der Waals surface area contributed by atoms with Crippen LogP contribution in [0.15, 0.2) is 24.3 Å². The van der Waals surface area contributed by atoms with Gasteiger partial charge in [0.15, 0.2) is 0 Å². The Morgan fingerprint density at radius 2 is 1.38 bits per heavy atom. The van der Waals surface area contributed by atoms with E-state index in [4.69, 9.17) is 0 Å². The van der Waals surface area contributed by atoms with Gasteiger partial charge in [-0.2, -0.15) is 0 Å². The van der Waals surface area contributed by atoms with Crippen LogP contribution in [-0.4, -0.2) is 8.80 Å². The summed E-state index contributed by atoms with van der Waals surface area (Å²) in [5.74, 6) is 0. The number of unbranched alkanes of at least 4 members (excludes halogenated alkanes) is 2. The molecule has 1 aromatic carbocycles. The summed E-state index contributed by atoms with van der Waals surface area (Å²) in [6.45, 7) is 6.79. The predicted octanol–water partition coefficient (Wildman–Crippen LogP) is 4.03. The van der Waals surface area contributed by atoms with Gasteiger partial charge in [-0.05, 0) is 6.92 Å². The highest BCUT2D eigenvalue weighted by molar-refractivity contribution is 6.73. The van der Waals surface area contributed by atoms with Gasteiger partial charge in [-0.3, -0.25) is 0 Å². The van der Waals surface area contributed by atoms with Gasteiger partial charge in [0.25, 0.3) is 0 Å². The van der Waals surface area contributed by atoms with E-state index in [1.165, 1.54) is 43.3 Å². The van der Waals surface area contributed by atoms with Gasteiger partial charge in [0.05, 0.1) is 8.80 Å². The van der Waals surface area contributed by atoms with E-state index in [0.29, 0.717) is 0 Å². The van der Waals surface area contributed by atoms with Gasteiger partial charge in [-0.1, -0.05) is 86.6 Å². The minimum atomic E-state index is -0.648. The second-order valence-electron chi connectivity index (χ2n) is 4.89. The molecule has 0 aromatic heterocycles. The van der Waals surface area contributed by atoms with Crippen molar-refractivity contribution in [3.63, 3.8) is 0 Å². The van der Waals surface area contributed by atoms with E-state index in [1.807, 2.05) is 0 Å². The molecule has 0 aliphatic rings. The fraction of sp³-hybridized carbons (Fsp3) is 0.600. The Morgan fingerprint density at radius 1 is 0.875 bits per heavy atom. The van der Waals surface area contributed by atoms with E-state index in [2.05, 4.69) is 45.0 Å². The molecule has 0 spiro atoms. The van der Waals surface area contributed by atoms with Gasteiger partial charge in [0.2, 0.25) is 0 Å². The number of rotatable bonds is 7. The first-order valence-electron chi connectivity index (χ1n) is 6.84. The molecule has 0 atom stereocenters. The van der Waals surface area contributed by atoms with Gasteiger partial charge in [0.1, 0.15) is 0 Å². The molecule has 16 heavy (non-hydrogen) atoms. The van der Waals surface area contributed by atoms with Gasteiger partial charge in [-0.15, -0.1) is 0 Å². The third kappa shape index (κ3) is 4.52. The fourth-order valence-electron chi connectivity index (χ4n) is 2.22. The molecule has 1 heteroatoms. The SMILES string of the molecule is CCCC[SiH](CCCC)c1ccc(C)cc1. The lowest BCUT2D eigenvalue weighted by molar-refractivity contribution is 0.845. The zero-order chi connectivity index (χ0) is 11.8. The lowest BCUT2D eigenvalue weighted by atomic mass is 10.2. The molecule has 1 aromatic rings. The van der Waals surface area contributed by atoms with Crippen LogP contribution in [0.2, 0.25) is 12.1 Å². The van der Waals surface area contributed by atoms with Crippen LogP contribution in [0.4, 0.5) is 0 Å². The van der Waals surface area contributed by atoms with E-state index in [9.17, 15) is 0 Å². The molecule has 0 nitrogen and oxygen atoms in total. The van der Waals surface area contributed by atoms with E-state index >= 15 is 0 Å². The van der Waals surface area contributed by atoms with Crippen molar-refractivity contribution >= 4 is 14.0 Å². The van der Waals surface area contributed by atoms with Crippen molar-refractivity contribution < 1.29 is 0 Å². The maximum absolute atomic E-state index is 2.39. The number of aryl methyl sites for hydroxylation is 1. The zero-order valence-corrected chi connectivity index (χ0v) is 12.3. The van der Waals surface area contributed by atoms with Crippen molar-refractivity contribution in [2.24, 2.45) is 0 Å². The monoisotopic (exact) mass is 234 g/mol. The van der Waals surface area contributed by atoms with Gasteiger partial charge >= 0.3 is 0 Å². The summed E-state index contributed by atoms with van der Waals surface area (Å²) in [7, 11) is -0.648. The fourth-order valence-corrected chi connectivity index (χ4v) is 5.71. The Balaban J connectivity index is 2.62. The van der Waals surface area contributed by atoms with Crippen LogP contribution in [-0.2, 0) is 0 Å². The maximum atomic E-state index is 2.39. The molecule has 0 fully saturated rings. The van der Waals surface area contributed by atoms with Crippen molar-refractivity contribution in [2.45, 2.75) is 58.5 Å². The third-order valence-corrected chi connectivity index (χ3v) is 6.90. The van der Waals surface area contributed by atoms with Crippen molar-refractivity contribution in [3.8, 4) is 0 Å². The molecule has 1 rings (SSSR count). The normalized spacial score (nSPS) is 11.0. The molecule has 0 saturated carbocycles. The van der Waals surface area contributed by atoms with Crippen molar-refractivity contribution in [3.05, 3.63) is 29.8 Å². The Labute approximate surface area is 103 Å². The molecule has 0 aliphatic carbocycles. The second kappa shape index (κ2) is 7.67. The first-order chi connectivity index (χ1) is 7.77. The average molecular weight is 234 g/mol. The summed E-state index contributed by atoms with van der Waals surface area (Å²) in [4.78, 5) is 0. The molecule has 0 aliphatic heterocycles. The molecule has 90 valence electrons. The maximum Gasteiger partial charge on any atom is 0.0708 e. The molecule has 0 heterocycles. The Kier molecular flexibility index (Phi) is 6.47. The largest absolute Gasteiger partial charge is 0.0708 e. The average Bonchev–Trinajstić information content (AvgIpc) is 2.31.